The number of fused-ring (bicyclic) bond motifs is 5. The number of Topliss-reactive ketones (excluding diaryl/α,β-unsaturated/α-hetero) is 1. The zero-order valence-electron chi connectivity index (χ0n) is 17.2. The first-order valence-electron chi connectivity index (χ1n) is 10.00. The van der Waals surface area contributed by atoms with Crippen molar-refractivity contribution in [3.05, 3.63) is 64.9 Å². The fourth-order valence-electron chi connectivity index (χ4n) is 4.53. The van der Waals surface area contributed by atoms with E-state index in [9.17, 15) is 9.18 Å². The highest BCUT2D eigenvalue weighted by Crippen LogP contribution is 2.40. The summed E-state index contributed by atoms with van der Waals surface area (Å²) in [6, 6.07) is 8.79. The van der Waals surface area contributed by atoms with Crippen molar-refractivity contribution in [1.29, 1.82) is 0 Å². The Hall–Kier alpha value is -3.28. The van der Waals surface area contributed by atoms with Gasteiger partial charge in [0.15, 0.2) is 17.3 Å². The molecule has 1 N–H and O–H groups in total. The van der Waals surface area contributed by atoms with Gasteiger partial charge in [0.05, 0.1) is 24.0 Å². The largest absolute Gasteiger partial charge is 0.494 e. The number of nitrogens with zero attached hydrogens (tertiary/aromatic N) is 2. The molecule has 0 fully saturated rings. The van der Waals surface area contributed by atoms with Gasteiger partial charge in [-0.25, -0.2) is 9.37 Å². The molecule has 6 heteroatoms. The number of carbonyl (C=O) groups excluding carboxylic acids is 1. The van der Waals surface area contributed by atoms with Gasteiger partial charge in [0.1, 0.15) is 5.65 Å². The smallest absolute Gasteiger partial charge is 0.165 e. The first-order chi connectivity index (χ1) is 14.4. The molecular weight excluding hydrogens is 381 g/mol. The number of hydrogen-bond donors (Lipinski definition) is 1. The summed E-state index contributed by atoms with van der Waals surface area (Å²) in [6.07, 6.45) is 3.38. The molecule has 0 bridgehead atoms. The highest BCUT2D eigenvalue weighted by atomic mass is 19.1. The minimum absolute atomic E-state index is 0.116. The average molecular weight is 403 g/mol. The Balaban J connectivity index is 1.75. The maximum atomic E-state index is 14.3. The summed E-state index contributed by atoms with van der Waals surface area (Å²) in [5.74, 6) is -0.0752. The number of pyridine rings is 2. The number of ketones is 1. The van der Waals surface area contributed by atoms with Gasteiger partial charge < -0.3 is 9.72 Å². The molecule has 1 aromatic carbocycles. The molecule has 0 saturated heterocycles. The van der Waals surface area contributed by atoms with Crippen molar-refractivity contribution in [1.82, 2.24) is 15.0 Å². The Labute approximate surface area is 173 Å². The second-order valence-corrected chi connectivity index (χ2v) is 8.74. The lowest BCUT2D eigenvalue weighted by molar-refractivity contribution is 0.0912. The first-order valence-corrected chi connectivity index (χ1v) is 10.00. The fourth-order valence-corrected chi connectivity index (χ4v) is 4.53. The number of carbonyl (C=O) groups is 1. The van der Waals surface area contributed by atoms with Crippen molar-refractivity contribution in [3.8, 4) is 5.75 Å². The Bertz CT molecular complexity index is 1320. The maximum absolute atomic E-state index is 14.3. The van der Waals surface area contributed by atoms with Crippen LogP contribution in [0.15, 0.2) is 36.5 Å². The van der Waals surface area contributed by atoms with Crippen molar-refractivity contribution >= 4 is 27.7 Å². The van der Waals surface area contributed by atoms with Gasteiger partial charge in [-0.2, -0.15) is 0 Å². The summed E-state index contributed by atoms with van der Waals surface area (Å²) in [7, 11) is 1.45. The van der Waals surface area contributed by atoms with Gasteiger partial charge in [-0.3, -0.25) is 9.78 Å². The van der Waals surface area contributed by atoms with Crippen LogP contribution in [0.25, 0.3) is 21.9 Å². The molecule has 0 atom stereocenters. The number of H-pyrrole nitrogens is 1. The Kier molecular flexibility index (Phi) is 4.13. The molecule has 3 heterocycles. The van der Waals surface area contributed by atoms with Gasteiger partial charge in [0, 0.05) is 35.4 Å². The molecule has 4 aromatic rings. The molecule has 0 saturated carbocycles. The van der Waals surface area contributed by atoms with Gasteiger partial charge in [-0.05, 0) is 41.7 Å². The molecule has 30 heavy (non-hydrogen) atoms. The lowest BCUT2D eigenvalue weighted by atomic mass is 9.74. The lowest BCUT2D eigenvalue weighted by Gasteiger charge is -2.30. The summed E-state index contributed by atoms with van der Waals surface area (Å²) in [5, 5.41) is 1.80. The second kappa shape index (κ2) is 6.62. The SMILES string of the molecule is COc1ccc(Cc2nc3c(c4c2[nH]c2ncccc24)C(=O)CC(C)(C)C3)cc1F. The summed E-state index contributed by atoms with van der Waals surface area (Å²) in [4.78, 5) is 25.8. The van der Waals surface area contributed by atoms with Crippen LogP contribution in [-0.2, 0) is 12.8 Å². The van der Waals surface area contributed by atoms with Gasteiger partial charge in [0.2, 0.25) is 0 Å². The normalized spacial score (nSPS) is 15.5. The third-order valence-electron chi connectivity index (χ3n) is 5.82. The zero-order valence-corrected chi connectivity index (χ0v) is 17.2. The van der Waals surface area contributed by atoms with Crippen LogP contribution in [-0.4, -0.2) is 27.8 Å². The Morgan fingerprint density at radius 1 is 1.23 bits per heavy atom. The highest BCUT2D eigenvalue weighted by molar-refractivity contribution is 6.19. The van der Waals surface area contributed by atoms with E-state index in [-0.39, 0.29) is 16.9 Å². The van der Waals surface area contributed by atoms with Crippen molar-refractivity contribution < 1.29 is 13.9 Å². The number of hydrogen-bond acceptors (Lipinski definition) is 4. The third kappa shape index (κ3) is 2.95. The van der Waals surface area contributed by atoms with E-state index in [2.05, 4.69) is 23.8 Å². The van der Waals surface area contributed by atoms with Crippen molar-refractivity contribution in [2.24, 2.45) is 5.41 Å². The number of aromatic amines is 1. The van der Waals surface area contributed by atoms with Gasteiger partial charge in [0.25, 0.3) is 0 Å². The zero-order chi connectivity index (χ0) is 21.0. The van der Waals surface area contributed by atoms with E-state index < -0.39 is 5.82 Å². The number of benzene rings is 1. The molecule has 152 valence electrons. The van der Waals surface area contributed by atoms with Crippen LogP contribution in [0.4, 0.5) is 4.39 Å². The summed E-state index contributed by atoms with van der Waals surface area (Å²) < 4.78 is 19.3. The van der Waals surface area contributed by atoms with Crippen LogP contribution >= 0.6 is 0 Å². The lowest BCUT2D eigenvalue weighted by Crippen LogP contribution is -2.28. The highest BCUT2D eigenvalue weighted by Gasteiger charge is 2.35. The summed E-state index contributed by atoms with van der Waals surface area (Å²) >= 11 is 0. The van der Waals surface area contributed by atoms with E-state index >= 15 is 0 Å². The minimum atomic E-state index is -0.404. The number of halogens is 1. The van der Waals surface area contributed by atoms with E-state index in [1.807, 2.05) is 18.2 Å². The number of methoxy groups -OCH3 is 1. The Morgan fingerprint density at radius 3 is 2.83 bits per heavy atom. The van der Waals surface area contributed by atoms with Gasteiger partial charge in [-0.1, -0.05) is 19.9 Å². The van der Waals surface area contributed by atoms with Crippen LogP contribution < -0.4 is 4.74 Å². The molecular formula is C24H22FN3O2. The predicted molar refractivity (Wildman–Crippen MR) is 114 cm³/mol. The van der Waals surface area contributed by atoms with E-state index in [4.69, 9.17) is 9.72 Å². The summed E-state index contributed by atoms with van der Waals surface area (Å²) in [6.45, 7) is 4.18. The van der Waals surface area contributed by atoms with E-state index in [0.717, 1.165) is 45.3 Å². The van der Waals surface area contributed by atoms with Gasteiger partial charge >= 0.3 is 0 Å². The summed E-state index contributed by atoms with van der Waals surface area (Å²) in [5.41, 5.74) is 4.48. The number of ether oxygens (including phenoxy) is 1. The molecule has 5 rings (SSSR count). The molecule has 1 aliphatic carbocycles. The van der Waals surface area contributed by atoms with Crippen LogP contribution in [0.1, 0.15) is 47.6 Å². The molecule has 0 radical (unpaired) electrons. The van der Waals surface area contributed by atoms with E-state index in [0.29, 0.717) is 18.4 Å². The third-order valence-corrected chi connectivity index (χ3v) is 5.82. The van der Waals surface area contributed by atoms with E-state index in [1.165, 1.54) is 13.2 Å². The Morgan fingerprint density at radius 2 is 2.07 bits per heavy atom. The first kappa shape index (κ1) is 18.7. The van der Waals surface area contributed by atoms with Crippen molar-refractivity contribution in [3.63, 3.8) is 0 Å². The van der Waals surface area contributed by atoms with Crippen LogP contribution in [0.5, 0.6) is 5.75 Å². The molecule has 0 aliphatic heterocycles. The molecule has 0 amide bonds. The fraction of sp³-hybridized carbons (Fsp3) is 0.292. The quantitative estimate of drug-likeness (QED) is 0.522. The predicted octanol–water partition coefficient (Wildman–Crippen LogP) is 5.00. The number of rotatable bonds is 3. The topological polar surface area (TPSA) is 67.9 Å². The van der Waals surface area contributed by atoms with Gasteiger partial charge in [-0.15, -0.1) is 0 Å². The maximum Gasteiger partial charge on any atom is 0.165 e. The number of nitrogens with one attached hydrogen (secondary N) is 1. The minimum Gasteiger partial charge on any atom is -0.494 e. The standard InChI is InChI=1S/C24H22FN3O2/c1-24(2)11-17-21(18(29)12-24)20-14-5-4-8-26-23(14)28-22(20)16(27-17)10-13-6-7-19(30-3)15(25)9-13/h4-9H,10-12H2,1-3H3,(H,26,28). The molecule has 0 unspecified atom stereocenters. The van der Waals surface area contributed by atoms with Crippen LogP contribution in [0.2, 0.25) is 0 Å². The monoisotopic (exact) mass is 403 g/mol. The molecule has 0 spiro atoms. The van der Waals surface area contributed by atoms with Crippen LogP contribution in [0, 0.1) is 11.2 Å². The van der Waals surface area contributed by atoms with Crippen LogP contribution in [0.3, 0.4) is 0 Å². The molecule has 3 aromatic heterocycles. The van der Waals surface area contributed by atoms with Crippen molar-refractivity contribution in [2.45, 2.75) is 33.1 Å². The molecule has 1 aliphatic rings. The van der Waals surface area contributed by atoms with E-state index in [1.54, 1.807) is 12.3 Å². The average Bonchev–Trinajstić information content (AvgIpc) is 3.07. The molecule has 5 nitrogen and oxygen atoms in total. The second-order valence-electron chi connectivity index (χ2n) is 8.74. The number of aromatic nitrogens is 3. The van der Waals surface area contributed by atoms with Crippen molar-refractivity contribution in [2.75, 3.05) is 7.11 Å².